The zero-order valence-corrected chi connectivity index (χ0v) is 25.1. The summed E-state index contributed by atoms with van der Waals surface area (Å²) >= 11 is 0. The summed E-state index contributed by atoms with van der Waals surface area (Å²) in [7, 11) is 0. The number of aromatic hydroxyl groups is 1. The van der Waals surface area contributed by atoms with Gasteiger partial charge in [-0.1, -0.05) is 121 Å². The van der Waals surface area contributed by atoms with Gasteiger partial charge in [0.25, 0.3) is 0 Å². The Bertz CT molecular complexity index is 2440. The van der Waals surface area contributed by atoms with Crippen molar-refractivity contribution in [2.45, 2.75) is 11.8 Å². The maximum Gasteiger partial charge on any atom is 0.120 e. The SMILES string of the molecule is Oc1ccc(-c2ccc3c(c2)c2ccccc2n3-c2ccc(-c3ccccc3)cc2)c2c1C1c3ccccc3C2c2ccccc21. The second-order valence-electron chi connectivity index (χ2n) is 12.6. The van der Waals surface area contributed by atoms with Crippen molar-refractivity contribution in [2.75, 3.05) is 0 Å². The van der Waals surface area contributed by atoms with Gasteiger partial charge in [0.15, 0.2) is 0 Å². The number of phenolic OH excluding ortho intramolecular Hbond substituents is 1. The topological polar surface area (TPSA) is 25.2 Å². The number of fused-ring (bicyclic) bond motifs is 3. The molecule has 2 heteroatoms. The molecule has 0 radical (unpaired) electrons. The van der Waals surface area contributed by atoms with Crippen molar-refractivity contribution in [3.8, 4) is 33.7 Å². The van der Waals surface area contributed by atoms with E-state index >= 15 is 0 Å². The van der Waals surface area contributed by atoms with Crippen LogP contribution in [-0.4, -0.2) is 9.67 Å². The molecule has 0 amide bonds. The fourth-order valence-corrected chi connectivity index (χ4v) is 8.37. The quantitative estimate of drug-likeness (QED) is 0.219. The predicted octanol–water partition coefficient (Wildman–Crippen LogP) is 10.8. The zero-order chi connectivity index (χ0) is 30.4. The molecule has 8 aromatic rings. The van der Waals surface area contributed by atoms with E-state index in [2.05, 4.69) is 156 Å². The Morgan fingerprint density at radius 3 is 1.65 bits per heavy atom. The molecule has 0 atom stereocenters. The third-order valence-electron chi connectivity index (χ3n) is 10.3. The molecule has 7 aromatic carbocycles. The number of aromatic nitrogens is 1. The highest BCUT2D eigenvalue weighted by molar-refractivity contribution is 6.10. The zero-order valence-electron chi connectivity index (χ0n) is 25.1. The van der Waals surface area contributed by atoms with Gasteiger partial charge in [0.05, 0.1) is 11.0 Å². The average molecular weight is 588 g/mol. The Morgan fingerprint density at radius 2 is 0.957 bits per heavy atom. The summed E-state index contributed by atoms with van der Waals surface area (Å²) in [6.45, 7) is 0. The molecule has 0 fully saturated rings. The molecule has 0 saturated carbocycles. The Labute approximate surface area is 267 Å². The number of rotatable bonds is 3. The molecule has 2 bridgehead atoms. The summed E-state index contributed by atoms with van der Waals surface area (Å²) < 4.78 is 2.38. The fraction of sp³-hybridized carbons (Fsp3) is 0.0455. The Morgan fingerprint density at radius 1 is 0.413 bits per heavy atom. The smallest absolute Gasteiger partial charge is 0.120 e. The Balaban J connectivity index is 1.17. The Kier molecular flexibility index (Phi) is 5.30. The van der Waals surface area contributed by atoms with Crippen LogP contribution in [0.25, 0.3) is 49.7 Å². The van der Waals surface area contributed by atoms with Gasteiger partial charge in [-0.25, -0.2) is 0 Å². The van der Waals surface area contributed by atoms with Crippen LogP contribution < -0.4 is 0 Å². The highest BCUT2D eigenvalue weighted by Crippen LogP contribution is 2.59. The molecule has 0 spiro atoms. The molecule has 46 heavy (non-hydrogen) atoms. The van der Waals surface area contributed by atoms with Gasteiger partial charge in [-0.05, 0) is 86.5 Å². The second-order valence-corrected chi connectivity index (χ2v) is 12.6. The second kappa shape index (κ2) is 9.57. The first kappa shape index (κ1) is 25.5. The first-order chi connectivity index (χ1) is 22.8. The number of phenols is 1. The summed E-state index contributed by atoms with van der Waals surface area (Å²) in [5.41, 5.74) is 15.9. The number of nitrogens with zero attached hydrogens (tertiary/aromatic N) is 1. The lowest BCUT2D eigenvalue weighted by molar-refractivity contribution is 0.463. The lowest BCUT2D eigenvalue weighted by Crippen LogP contribution is -2.28. The van der Waals surface area contributed by atoms with E-state index in [-0.39, 0.29) is 11.8 Å². The molecule has 3 aliphatic carbocycles. The fourth-order valence-electron chi connectivity index (χ4n) is 8.37. The third kappa shape index (κ3) is 3.47. The normalized spacial score (nSPS) is 15.9. The largest absolute Gasteiger partial charge is 0.508 e. The maximum absolute atomic E-state index is 11.4. The van der Waals surface area contributed by atoms with Crippen molar-refractivity contribution in [1.29, 1.82) is 0 Å². The highest BCUT2D eigenvalue weighted by atomic mass is 16.3. The lowest BCUT2D eigenvalue weighted by atomic mass is 9.59. The monoisotopic (exact) mass is 587 g/mol. The lowest BCUT2D eigenvalue weighted by Gasteiger charge is -2.43. The van der Waals surface area contributed by atoms with Gasteiger partial charge < -0.3 is 9.67 Å². The van der Waals surface area contributed by atoms with E-state index in [4.69, 9.17) is 0 Å². The predicted molar refractivity (Wildman–Crippen MR) is 188 cm³/mol. The number of hydrogen-bond donors (Lipinski definition) is 1. The molecular weight excluding hydrogens is 558 g/mol. The summed E-state index contributed by atoms with van der Waals surface area (Å²) in [5, 5.41) is 13.9. The highest BCUT2D eigenvalue weighted by Gasteiger charge is 2.43. The van der Waals surface area contributed by atoms with Gasteiger partial charge in [0.1, 0.15) is 5.75 Å². The van der Waals surface area contributed by atoms with Crippen molar-refractivity contribution >= 4 is 21.8 Å². The third-order valence-corrected chi connectivity index (χ3v) is 10.3. The van der Waals surface area contributed by atoms with Crippen LogP contribution in [0.15, 0.2) is 158 Å². The standard InChI is InChI=1S/C44H29NO/c46-40-25-23-31(43-41-33-13-4-6-15-35(33)42(44(40)43)36-16-7-5-14-34(36)41)29-20-24-39-37(26-29)32-12-8-9-17-38(32)45(39)30-21-18-28(19-22-30)27-10-2-1-3-11-27/h1-26,41-42,46H. The van der Waals surface area contributed by atoms with Crippen LogP contribution in [0.4, 0.5) is 0 Å². The summed E-state index contributed by atoms with van der Waals surface area (Å²) in [6.07, 6.45) is 0. The van der Waals surface area contributed by atoms with Gasteiger partial charge in [-0.3, -0.25) is 0 Å². The number of hydrogen-bond acceptors (Lipinski definition) is 1. The first-order valence-electron chi connectivity index (χ1n) is 16.0. The van der Waals surface area contributed by atoms with Gasteiger partial charge >= 0.3 is 0 Å². The van der Waals surface area contributed by atoms with Gasteiger partial charge in [0, 0.05) is 33.9 Å². The molecular formula is C44H29NO. The summed E-state index contributed by atoms with van der Waals surface area (Å²) in [4.78, 5) is 0. The molecule has 1 aromatic heterocycles. The van der Waals surface area contributed by atoms with Crippen LogP contribution in [0, 0.1) is 0 Å². The minimum Gasteiger partial charge on any atom is -0.508 e. The first-order valence-corrected chi connectivity index (χ1v) is 16.0. The molecule has 1 heterocycles. The van der Waals surface area contributed by atoms with Crippen LogP contribution in [0.5, 0.6) is 5.75 Å². The molecule has 0 aliphatic heterocycles. The van der Waals surface area contributed by atoms with Gasteiger partial charge in [-0.15, -0.1) is 0 Å². The molecule has 216 valence electrons. The van der Waals surface area contributed by atoms with Crippen LogP contribution >= 0.6 is 0 Å². The number of benzene rings is 7. The van der Waals surface area contributed by atoms with Crippen LogP contribution in [0.1, 0.15) is 45.2 Å². The van der Waals surface area contributed by atoms with Crippen molar-refractivity contribution in [1.82, 2.24) is 4.57 Å². The van der Waals surface area contributed by atoms with Crippen LogP contribution in [0.2, 0.25) is 0 Å². The van der Waals surface area contributed by atoms with Crippen molar-refractivity contribution in [3.63, 3.8) is 0 Å². The van der Waals surface area contributed by atoms with Gasteiger partial charge in [-0.2, -0.15) is 0 Å². The number of para-hydroxylation sites is 1. The van der Waals surface area contributed by atoms with Crippen LogP contribution in [0.3, 0.4) is 0 Å². The minimum atomic E-state index is 0.0249. The van der Waals surface area contributed by atoms with E-state index in [1.807, 2.05) is 6.07 Å². The maximum atomic E-state index is 11.4. The van der Waals surface area contributed by atoms with E-state index < -0.39 is 0 Å². The molecule has 2 nitrogen and oxygen atoms in total. The summed E-state index contributed by atoms with van der Waals surface area (Å²) in [6, 6.07) is 56.7. The molecule has 0 unspecified atom stereocenters. The molecule has 11 rings (SSSR count). The van der Waals surface area contributed by atoms with E-state index in [0.29, 0.717) is 5.75 Å². The van der Waals surface area contributed by atoms with E-state index in [0.717, 1.165) is 11.3 Å². The molecule has 3 aliphatic rings. The average Bonchev–Trinajstić information content (AvgIpc) is 3.46. The molecule has 0 saturated heterocycles. The van der Waals surface area contributed by atoms with Crippen molar-refractivity contribution in [2.24, 2.45) is 0 Å². The van der Waals surface area contributed by atoms with E-state index in [1.165, 1.54) is 71.9 Å². The minimum absolute atomic E-state index is 0.0249. The summed E-state index contributed by atoms with van der Waals surface area (Å²) in [5.74, 6) is 0.487. The van der Waals surface area contributed by atoms with Crippen molar-refractivity contribution in [3.05, 3.63) is 191 Å². The Hall–Kier alpha value is -5.86. The van der Waals surface area contributed by atoms with Crippen molar-refractivity contribution < 1.29 is 5.11 Å². The van der Waals surface area contributed by atoms with Crippen LogP contribution in [-0.2, 0) is 0 Å². The molecule has 1 N–H and O–H groups in total. The van der Waals surface area contributed by atoms with E-state index in [1.54, 1.807) is 0 Å². The van der Waals surface area contributed by atoms with E-state index in [9.17, 15) is 5.11 Å². The van der Waals surface area contributed by atoms with Gasteiger partial charge in [0.2, 0.25) is 0 Å².